The molecular formula is C10H20O5S. The van der Waals surface area contributed by atoms with Crippen molar-refractivity contribution in [2.45, 2.75) is 6.92 Å². The Hall–Kier alpha value is -0.270. The number of aliphatic hydroxyl groups is 1. The molecule has 0 aromatic carbocycles. The molecule has 0 aliphatic heterocycles. The van der Waals surface area contributed by atoms with Gasteiger partial charge >= 0.3 is 0 Å². The summed E-state index contributed by atoms with van der Waals surface area (Å²) in [5.41, 5.74) is 0. The summed E-state index contributed by atoms with van der Waals surface area (Å²) < 4.78 is 20.5. The molecule has 16 heavy (non-hydrogen) atoms. The molecule has 0 bridgehead atoms. The van der Waals surface area contributed by atoms with Crippen LogP contribution in [-0.2, 0) is 18.9 Å². The van der Waals surface area contributed by atoms with Gasteiger partial charge in [0.15, 0.2) is 5.05 Å². The normalized spacial score (nSPS) is 10.4. The summed E-state index contributed by atoms with van der Waals surface area (Å²) in [4.78, 5) is 0. The number of hydrogen-bond acceptors (Lipinski definition) is 6. The van der Waals surface area contributed by atoms with Gasteiger partial charge < -0.3 is 24.1 Å². The lowest BCUT2D eigenvalue weighted by Crippen LogP contribution is -2.13. The van der Waals surface area contributed by atoms with Crippen molar-refractivity contribution in [1.82, 2.24) is 0 Å². The standard InChI is InChI=1S/C10H20O5S/c1-10(16)15-9-8-14-7-6-13-5-4-12-3-2-11/h11H,2-9H2,1H3. The zero-order valence-electron chi connectivity index (χ0n) is 9.65. The van der Waals surface area contributed by atoms with Gasteiger partial charge in [0.2, 0.25) is 0 Å². The van der Waals surface area contributed by atoms with Crippen LogP contribution in [0.5, 0.6) is 0 Å². The van der Waals surface area contributed by atoms with Gasteiger partial charge in [-0.25, -0.2) is 0 Å². The second-order valence-corrected chi connectivity index (χ2v) is 3.48. The van der Waals surface area contributed by atoms with Crippen molar-refractivity contribution in [1.29, 1.82) is 0 Å². The van der Waals surface area contributed by atoms with E-state index in [4.69, 9.17) is 36.3 Å². The Morgan fingerprint density at radius 2 is 1.31 bits per heavy atom. The van der Waals surface area contributed by atoms with Crippen molar-refractivity contribution in [2.24, 2.45) is 0 Å². The van der Waals surface area contributed by atoms with E-state index in [0.717, 1.165) is 0 Å². The summed E-state index contributed by atoms with van der Waals surface area (Å²) >= 11 is 4.73. The molecule has 0 rings (SSSR count). The molecule has 0 saturated heterocycles. The third-order valence-electron chi connectivity index (χ3n) is 1.51. The minimum absolute atomic E-state index is 0.0441. The zero-order chi connectivity index (χ0) is 12.1. The number of rotatable bonds is 11. The maximum atomic E-state index is 8.42. The number of aliphatic hydroxyl groups excluding tert-OH is 1. The molecule has 1 N–H and O–H groups in total. The minimum Gasteiger partial charge on any atom is -0.485 e. The van der Waals surface area contributed by atoms with Crippen molar-refractivity contribution >= 4 is 17.3 Å². The Balaban J connectivity index is 2.90. The van der Waals surface area contributed by atoms with E-state index in [1.54, 1.807) is 6.92 Å². The van der Waals surface area contributed by atoms with Gasteiger partial charge in [0, 0.05) is 6.92 Å². The van der Waals surface area contributed by atoms with Gasteiger partial charge in [-0.15, -0.1) is 0 Å². The van der Waals surface area contributed by atoms with E-state index in [-0.39, 0.29) is 6.61 Å². The third-order valence-corrected chi connectivity index (χ3v) is 1.63. The second kappa shape index (κ2) is 12.8. The van der Waals surface area contributed by atoms with Crippen LogP contribution in [0.4, 0.5) is 0 Å². The van der Waals surface area contributed by atoms with Crippen LogP contribution < -0.4 is 0 Å². The molecule has 6 heteroatoms. The fourth-order valence-electron chi connectivity index (χ4n) is 0.851. The van der Waals surface area contributed by atoms with Gasteiger partial charge in [-0.3, -0.25) is 0 Å². The van der Waals surface area contributed by atoms with Gasteiger partial charge in [0.1, 0.15) is 6.61 Å². The smallest absolute Gasteiger partial charge is 0.156 e. The Morgan fingerprint density at radius 3 is 1.75 bits per heavy atom. The van der Waals surface area contributed by atoms with Crippen LogP contribution >= 0.6 is 12.2 Å². The van der Waals surface area contributed by atoms with Gasteiger partial charge in [0.05, 0.1) is 46.2 Å². The molecule has 0 fully saturated rings. The Bertz CT molecular complexity index is 165. The Morgan fingerprint density at radius 1 is 0.875 bits per heavy atom. The van der Waals surface area contributed by atoms with Crippen molar-refractivity contribution in [2.75, 3.05) is 52.9 Å². The monoisotopic (exact) mass is 252 g/mol. The van der Waals surface area contributed by atoms with Crippen LogP contribution in [-0.4, -0.2) is 63.0 Å². The summed E-state index contributed by atoms with van der Waals surface area (Å²) in [7, 11) is 0. The molecular weight excluding hydrogens is 232 g/mol. The quantitative estimate of drug-likeness (QED) is 0.424. The van der Waals surface area contributed by atoms with Crippen LogP contribution in [0.25, 0.3) is 0 Å². The molecule has 96 valence electrons. The maximum absolute atomic E-state index is 8.42. The summed E-state index contributed by atoms with van der Waals surface area (Å²) in [5, 5.41) is 8.95. The predicted octanol–water partition coefficient (Wildman–Crippen LogP) is 0.392. The van der Waals surface area contributed by atoms with Crippen molar-refractivity contribution in [3.63, 3.8) is 0 Å². The summed E-state index contributed by atoms with van der Waals surface area (Å²) in [6.07, 6.45) is 0. The summed E-state index contributed by atoms with van der Waals surface area (Å²) in [5.74, 6) is 0. The number of thiocarbonyl (C=S) groups is 1. The Labute approximate surface area is 102 Å². The van der Waals surface area contributed by atoms with E-state index < -0.39 is 0 Å². The molecule has 0 radical (unpaired) electrons. The number of ether oxygens (including phenoxy) is 4. The summed E-state index contributed by atoms with van der Waals surface area (Å²) in [6, 6.07) is 0. The van der Waals surface area contributed by atoms with Crippen LogP contribution in [0.2, 0.25) is 0 Å². The molecule has 0 amide bonds. The molecule has 0 aliphatic rings. The van der Waals surface area contributed by atoms with E-state index >= 15 is 0 Å². The van der Waals surface area contributed by atoms with Crippen LogP contribution in [0.15, 0.2) is 0 Å². The molecule has 0 spiro atoms. The van der Waals surface area contributed by atoms with Gasteiger partial charge in [-0.2, -0.15) is 0 Å². The lowest BCUT2D eigenvalue weighted by molar-refractivity contribution is 0.00316. The molecule has 0 heterocycles. The lowest BCUT2D eigenvalue weighted by atomic mass is 10.7. The molecule has 0 unspecified atom stereocenters. The Kier molecular flexibility index (Phi) is 12.6. The van der Waals surface area contributed by atoms with Gasteiger partial charge in [-0.1, -0.05) is 0 Å². The molecule has 0 atom stereocenters. The highest BCUT2D eigenvalue weighted by atomic mass is 32.1. The molecule has 0 saturated carbocycles. The first-order chi connectivity index (χ1) is 7.77. The maximum Gasteiger partial charge on any atom is 0.156 e. The number of hydrogen-bond donors (Lipinski definition) is 1. The average Bonchev–Trinajstić information content (AvgIpc) is 2.25. The molecule has 0 aromatic heterocycles. The van der Waals surface area contributed by atoms with Gasteiger partial charge in [0.25, 0.3) is 0 Å². The second-order valence-electron chi connectivity index (χ2n) is 2.90. The highest BCUT2D eigenvalue weighted by Crippen LogP contribution is 1.84. The first kappa shape index (κ1) is 15.7. The minimum atomic E-state index is 0.0441. The van der Waals surface area contributed by atoms with E-state index in [9.17, 15) is 0 Å². The molecule has 5 nitrogen and oxygen atoms in total. The molecule has 0 aromatic rings. The van der Waals surface area contributed by atoms with Crippen LogP contribution in [0.1, 0.15) is 6.92 Å². The predicted molar refractivity (Wildman–Crippen MR) is 63.8 cm³/mol. The van der Waals surface area contributed by atoms with E-state index in [0.29, 0.717) is 51.3 Å². The lowest BCUT2D eigenvalue weighted by Gasteiger charge is -2.06. The van der Waals surface area contributed by atoms with E-state index in [1.165, 1.54) is 0 Å². The summed E-state index contributed by atoms with van der Waals surface area (Å²) in [6.45, 7) is 5.18. The highest BCUT2D eigenvalue weighted by Gasteiger charge is 1.92. The SMILES string of the molecule is CC(=S)OCCOCCOCCOCCO. The van der Waals surface area contributed by atoms with E-state index in [1.807, 2.05) is 0 Å². The largest absolute Gasteiger partial charge is 0.485 e. The van der Waals surface area contributed by atoms with Crippen LogP contribution in [0, 0.1) is 0 Å². The van der Waals surface area contributed by atoms with Gasteiger partial charge in [-0.05, 0) is 12.2 Å². The first-order valence-corrected chi connectivity index (χ1v) is 5.65. The average molecular weight is 252 g/mol. The van der Waals surface area contributed by atoms with Crippen LogP contribution in [0.3, 0.4) is 0 Å². The van der Waals surface area contributed by atoms with Crippen molar-refractivity contribution in [3.8, 4) is 0 Å². The zero-order valence-corrected chi connectivity index (χ0v) is 10.5. The molecule has 0 aliphatic carbocycles. The first-order valence-electron chi connectivity index (χ1n) is 5.25. The fourth-order valence-corrected chi connectivity index (χ4v) is 0.934. The highest BCUT2D eigenvalue weighted by molar-refractivity contribution is 7.80. The van der Waals surface area contributed by atoms with Crippen molar-refractivity contribution < 1.29 is 24.1 Å². The third kappa shape index (κ3) is 13.7. The van der Waals surface area contributed by atoms with Crippen molar-refractivity contribution in [3.05, 3.63) is 0 Å². The topological polar surface area (TPSA) is 57.2 Å². The van der Waals surface area contributed by atoms with E-state index in [2.05, 4.69) is 0 Å². The fraction of sp³-hybridized carbons (Fsp3) is 0.900.